The second kappa shape index (κ2) is 9.17. The summed E-state index contributed by atoms with van der Waals surface area (Å²) in [5, 5.41) is 27.7. The molecule has 0 spiro atoms. The average Bonchev–Trinajstić information content (AvgIpc) is 2.65. The second-order valence-electron chi connectivity index (χ2n) is 5.77. The number of carbonyl (C=O) groups is 1. The Bertz CT molecular complexity index is 637. The Morgan fingerprint density at radius 3 is 2.08 bits per heavy atom. The van der Waals surface area contributed by atoms with E-state index in [0.29, 0.717) is 19.3 Å². The van der Waals surface area contributed by atoms with Crippen LogP contribution < -0.4 is 5.48 Å². The number of nitrogens with one attached hydrogen (secondary N) is 1. The molecule has 1 amide bonds. The lowest BCUT2D eigenvalue weighted by Gasteiger charge is -2.12. The Hall–Kier alpha value is -2.21. The van der Waals surface area contributed by atoms with Crippen LogP contribution in [0.3, 0.4) is 0 Å². The van der Waals surface area contributed by atoms with Crippen LogP contribution >= 0.6 is 0 Å². The average molecular weight is 329 g/mol. The van der Waals surface area contributed by atoms with E-state index in [4.69, 9.17) is 10.3 Å². The molecule has 0 heterocycles. The third-order valence-electron chi connectivity index (χ3n) is 4.02. The van der Waals surface area contributed by atoms with Crippen LogP contribution in [0.1, 0.15) is 42.9 Å². The lowest BCUT2D eigenvalue weighted by molar-refractivity contribution is -0.129. The monoisotopic (exact) mass is 329 g/mol. The van der Waals surface area contributed by atoms with Gasteiger partial charge in [-0.05, 0) is 35.1 Å². The van der Waals surface area contributed by atoms with Gasteiger partial charge in [0, 0.05) is 6.42 Å². The van der Waals surface area contributed by atoms with E-state index in [9.17, 15) is 9.90 Å². The number of amides is 1. The van der Waals surface area contributed by atoms with E-state index in [2.05, 4.69) is 0 Å². The summed E-state index contributed by atoms with van der Waals surface area (Å²) >= 11 is 0. The number of carbonyl (C=O) groups excluding carboxylic acids is 1. The molecule has 2 aromatic carbocycles. The third kappa shape index (κ3) is 5.16. The molecule has 0 aliphatic rings. The van der Waals surface area contributed by atoms with Gasteiger partial charge < -0.3 is 10.2 Å². The minimum Gasteiger partial charge on any atom is -0.392 e. The first-order valence-electron chi connectivity index (χ1n) is 8.05. The molecule has 0 fully saturated rings. The molecule has 0 aromatic heterocycles. The smallest absolute Gasteiger partial charge is 0.243 e. The van der Waals surface area contributed by atoms with E-state index >= 15 is 0 Å². The zero-order valence-electron chi connectivity index (χ0n) is 13.5. The van der Waals surface area contributed by atoms with Crippen LogP contribution in [0, 0.1) is 0 Å². The van der Waals surface area contributed by atoms with E-state index < -0.39 is 12.0 Å². The number of aliphatic hydroxyl groups excluding tert-OH is 2. The van der Waals surface area contributed by atoms with Gasteiger partial charge in [0.1, 0.15) is 0 Å². The van der Waals surface area contributed by atoms with Crippen molar-refractivity contribution < 1.29 is 20.2 Å². The molecule has 0 saturated heterocycles. The molecule has 5 nitrogen and oxygen atoms in total. The fourth-order valence-corrected chi connectivity index (χ4v) is 2.55. The van der Waals surface area contributed by atoms with Crippen molar-refractivity contribution in [2.45, 2.75) is 38.4 Å². The highest BCUT2D eigenvalue weighted by atomic mass is 16.5. The Balaban J connectivity index is 1.89. The first-order valence-corrected chi connectivity index (χ1v) is 8.05. The minimum atomic E-state index is -0.562. The van der Waals surface area contributed by atoms with Crippen LogP contribution in [-0.2, 0) is 11.4 Å². The maximum atomic E-state index is 10.9. The molecule has 1 atom stereocenters. The van der Waals surface area contributed by atoms with Gasteiger partial charge in [0.05, 0.1) is 12.7 Å². The van der Waals surface area contributed by atoms with Crippen molar-refractivity contribution in [1.29, 1.82) is 0 Å². The summed E-state index contributed by atoms with van der Waals surface area (Å²) in [6.45, 7) is 0.0331. The predicted molar refractivity (Wildman–Crippen MR) is 91.2 cm³/mol. The zero-order valence-corrected chi connectivity index (χ0v) is 13.5. The molecular weight excluding hydrogens is 306 g/mol. The lowest BCUT2D eigenvalue weighted by atomic mass is 9.98. The normalized spacial score (nSPS) is 12.0. The molecule has 1 unspecified atom stereocenters. The molecule has 0 bridgehead atoms. The SMILES string of the molecule is O=C(CCCCC(O)c1ccc(-c2ccc(CO)cc2)cc1)NO. The number of rotatable bonds is 8. The van der Waals surface area contributed by atoms with Gasteiger partial charge in [0.15, 0.2) is 0 Å². The summed E-state index contributed by atoms with van der Waals surface area (Å²) in [5.74, 6) is -0.402. The van der Waals surface area contributed by atoms with Crippen molar-refractivity contribution in [3.05, 3.63) is 59.7 Å². The van der Waals surface area contributed by atoms with Gasteiger partial charge >= 0.3 is 0 Å². The Kier molecular flexibility index (Phi) is 6.93. The maximum Gasteiger partial charge on any atom is 0.243 e. The van der Waals surface area contributed by atoms with Gasteiger partial charge in [0.25, 0.3) is 0 Å². The van der Waals surface area contributed by atoms with Crippen molar-refractivity contribution in [2.75, 3.05) is 0 Å². The van der Waals surface area contributed by atoms with Crippen molar-refractivity contribution >= 4 is 5.91 Å². The minimum absolute atomic E-state index is 0.0331. The van der Waals surface area contributed by atoms with Crippen LogP contribution in [-0.4, -0.2) is 21.3 Å². The molecule has 0 saturated carbocycles. The summed E-state index contributed by atoms with van der Waals surface area (Å²) in [5.41, 5.74) is 5.43. The van der Waals surface area contributed by atoms with E-state index in [1.165, 1.54) is 0 Å². The Morgan fingerprint density at radius 2 is 1.54 bits per heavy atom. The maximum absolute atomic E-state index is 10.9. The van der Waals surface area contributed by atoms with Gasteiger partial charge in [-0.25, -0.2) is 5.48 Å². The highest BCUT2D eigenvalue weighted by Gasteiger charge is 2.08. The number of aliphatic hydroxyl groups is 2. The standard InChI is InChI=1S/C19H23NO4/c21-13-14-5-7-15(8-6-14)16-9-11-17(12-10-16)18(22)3-1-2-4-19(23)20-24/h5-12,18,21-22,24H,1-4,13H2,(H,20,23). The molecule has 2 rings (SSSR count). The molecule has 0 aliphatic carbocycles. The molecule has 0 radical (unpaired) electrons. The van der Waals surface area contributed by atoms with Crippen molar-refractivity contribution in [3.8, 4) is 11.1 Å². The van der Waals surface area contributed by atoms with Crippen LogP contribution in [0.15, 0.2) is 48.5 Å². The summed E-state index contributed by atoms with van der Waals surface area (Å²) in [7, 11) is 0. The van der Waals surface area contributed by atoms with Gasteiger partial charge in [-0.1, -0.05) is 55.0 Å². The number of benzene rings is 2. The number of hydrogen-bond acceptors (Lipinski definition) is 4. The first kappa shape index (κ1) is 18.1. The van der Waals surface area contributed by atoms with E-state index in [1.807, 2.05) is 48.5 Å². The molecule has 24 heavy (non-hydrogen) atoms. The summed E-state index contributed by atoms with van der Waals surface area (Å²) in [6, 6.07) is 15.4. The largest absolute Gasteiger partial charge is 0.392 e. The topological polar surface area (TPSA) is 89.8 Å². The van der Waals surface area contributed by atoms with Gasteiger partial charge in [-0.2, -0.15) is 0 Å². The highest BCUT2D eigenvalue weighted by molar-refractivity contribution is 5.74. The first-order chi connectivity index (χ1) is 11.6. The summed E-state index contributed by atoms with van der Waals surface area (Å²) in [4.78, 5) is 10.9. The van der Waals surface area contributed by atoms with Crippen molar-refractivity contribution in [1.82, 2.24) is 5.48 Å². The fraction of sp³-hybridized carbons (Fsp3) is 0.316. The van der Waals surface area contributed by atoms with Crippen LogP contribution in [0.25, 0.3) is 11.1 Å². The zero-order chi connectivity index (χ0) is 17.4. The fourth-order valence-electron chi connectivity index (χ4n) is 2.55. The highest BCUT2D eigenvalue weighted by Crippen LogP contribution is 2.25. The van der Waals surface area contributed by atoms with Crippen LogP contribution in [0.2, 0.25) is 0 Å². The Labute approximate surface area is 141 Å². The van der Waals surface area contributed by atoms with Crippen LogP contribution in [0.4, 0.5) is 0 Å². The van der Waals surface area contributed by atoms with E-state index in [1.54, 1.807) is 5.48 Å². The number of unbranched alkanes of at least 4 members (excludes halogenated alkanes) is 1. The molecule has 0 aliphatic heterocycles. The summed E-state index contributed by atoms with van der Waals surface area (Å²) in [6.07, 6.45) is 1.60. The van der Waals surface area contributed by atoms with Gasteiger partial charge in [-0.3, -0.25) is 10.0 Å². The van der Waals surface area contributed by atoms with Crippen molar-refractivity contribution in [3.63, 3.8) is 0 Å². The van der Waals surface area contributed by atoms with E-state index in [0.717, 1.165) is 22.3 Å². The number of hydrogen-bond donors (Lipinski definition) is 4. The second-order valence-corrected chi connectivity index (χ2v) is 5.77. The van der Waals surface area contributed by atoms with Crippen LogP contribution in [0.5, 0.6) is 0 Å². The lowest BCUT2D eigenvalue weighted by Crippen LogP contribution is -2.17. The van der Waals surface area contributed by atoms with Gasteiger partial charge in [-0.15, -0.1) is 0 Å². The number of hydroxylamine groups is 1. The molecular formula is C19H23NO4. The molecule has 5 heteroatoms. The van der Waals surface area contributed by atoms with E-state index in [-0.39, 0.29) is 13.0 Å². The molecule has 4 N–H and O–H groups in total. The summed E-state index contributed by atoms with van der Waals surface area (Å²) < 4.78 is 0. The predicted octanol–water partition coefficient (Wildman–Crippen LogP) is 2.95. The third-order valence-corrected chi connectivity index (χ3v) is 4.02. The Morgan fingerprint density at radius 1 is 0.958 bits per heavy atom. The van der Waals surface area contributed by atoms with Gasteiger partial charge in [0.2, 0.25) is 5.91 Å². The quantitative estimate of drug-likeness (QED) is 0.340. The molecule has 128 valence electrons. The molecule has 2 aromatic rings. The van der Waals surface area contributed by atoms with Crippen molar-refractivity contribution in [2.24, 2.45) is 0 Å².